The zero-order valence-corrected chi connectivity index (χ0v) is 8.88. The number of H-pyrrole nitrogens is 1. The van der Waals surface area contributed by atoms with E-state index in [4.69, 9.17) is 0 Å². The first-order valence-corrected chi connectivity index (χ1v) is 4.94. The van der Waals surface area contributed by atoms with Crippen LogP contribution in [0.1, 0.15) is 5.56 Å². The highest BCUT2D eigenvalue weighted by molar-refractivity contribution is 5.63. The molecule has 2 aromatic rings. The summed E-state index contributed by atoms with van der Waals surface area (Å²) in [6.45, 7) is 0. The quantitative estimate of drug-likeness (QED) is 0.782. The van der Waals surface area contributed by atoms with Crippen molar-refractivity contribution in [2.45, 2.75) is 6.18 Å². The van der Waals surface area contributed by atoms with Crippen molar-refractivity contribution in [1.29, 1.82) is 0 Å². The molecule has 1 aromatic heterocycles. The van der Waals surface area contributed by atoms with Crippen LogP contribution in [0.3, 0.4) is 0 Å². The monoisotopic (exact) mass is 257 g/mol. The minimum atomic E-state index is -4.50. The van der Waals surface area contributed by atoms with Crippen molar-refractivity contribution in [3.8, 4) is 11.1 Å². The van der Waals surface area contributed by atoms with Crippen LogP contribution in [0.25, 0.3) is 11.1 Å². The molecule has 0 atom stereocenters. The SMILES string of the molecule is O=c1[nH]cc(F)cc1-c1cccc(C(F)(F)F)c1. The van der Waals surface area contributed by atoms with Crippen molar-refractivity contribution in [3.63, 3.8) is 0 Å². The first kappa shape index (κ1) is 12.3. The summed E-state index contributed by atoms with van der Waals surface area (Å²) in [4.78, 5) is 13.5. The molecule has 0 radical (unpaired) electrons. The third-order valence-electron chi connectivity index (χ3n) is 2.37. The standard InChI is InChI=1S/C12H7F4NO/c13-9-5-10(11(18)17-6-9)7-2-1-3-8(4-7)12(14,15)16/h1-6H,(H,17,18). The maximum atomic E-state index is 13.0. The van der Waals surface area contributed by atoms with E-state index >= 15 is 0 Å². The normalized spacial score (nSPS) is 11.6. The van der Waals surface area contributed by atoms with Crippen LogP contribution in [0.2, 0.25) is 0 Å². The van der Waals surface area contributed by atoms with Gasteiger partial charge in [-0.1, -0.05) is 12.1 Å². The molecule has 0 spiro atoms. The number of aromatic amines is 1. The largest absolute Gasteiger partial charge is 0.416 e. The number of pyridine rings is 1. The number of benzene rings is 1. The predicted octanol–water partition coefficient (Wildman–Crippen LogP) is 3.20. The van der Waals surface area contributed by atoms with Gasteiger partial charge in [0, 0.05) is 11.8 Å². The molecule has 0 fully saturated rings. The van der Waals surface area contributed by atoms with E-state index in [1.54, 1.807) is 0 Å². The fourth-order valence-electron chi connectivity index (χ4n) is 1.53. The Balaban J connectivity index is 2.58. The Hall–Kier alpha value is -2.11. The Morgan fingerprint density at radius 1 is 1.11 bits per heavy atom. The van der Waals surface area contributed by atoms with E-state index in [9.17, 15) is 22.4 Å². The van der Waals surface area contributed by atoms with Crippen molar-refractivity contribution < 1.29 is 17.6 Å². The molecular formula is C12H7F4NO. The van der Waals surface area contributed by atoms with Gasteiger partial charge in [-0.15, -0.1) is 0 Å². The first-order chi connectivity index (χ1) is 8.38. The van der Waals surface area contributed by atoms with Gasteiger partial charge in [-0.25, -0.2) is 4.39 Å². The van der Waals surface area contributed by atoms with Gasteiger partial charge < -0.3 is 4.98 Å². The summed E-state index contributed by atoms with van der Waals surface area (Å²) >= 11 is 0. The van der Waals surface area contributed by atoms with Crippen molar-refractivity contribution in [3.05, 3.63) is 58.3 Å². The molecule has 0 amide bonds. The lowest BCUT2D eigenvalue weighted by Gasteiger charge is -2.08. The van der Waals surface area contributed by atoms with E-state index in [1.165, 1.54) is 12.1 Å². The summed E-state index contributed by atoms with van der Waals surface area (Å²) in [5.74, 6) is -0.720. The Bertz CT molecular complexity index is 630. The Morgan fingerprint density at radius 3 is 2.50 bits per heavy atom. The highest BCUT2D eigenvalue weighted by Gasteiger charge is 2.30. The summed E-state index contributed by atoms with van der Waals surface area (Å²) in [5.41, 5.74) is -1.65. The smallest absolute Gasteiger partial charge is 0.326 e. The van der Waals surface area contributed by atoms with E-state index in [1.807, 2.05) is 0 Å². The molecule has 1 aromatic carbocycles. The second kappa shape index (κ2) is 4.29. The molecule has 2 nitrogen and oxygen atoms in total. The Labute approximate surface area is 98.9 Å². The van der Waals surface area contributed by atoms with E-state index in [0.29, 0.717) is 0 Å². The van der Waals surface area contributed by atoms with Crippen LogP contribution in [-0.4, -0.2) is 4.98 Å². The molecule has 0 bridgehead atoms. The van der Waals surface area contributed by atoms with Gasteiger partial charge in [-0.05, 0) is 23.8 Å². The maximum absolute atomic E-state index is 13.0. The average molecular weight is 257 g/mol. The lowest BCUT2D eigenvalue weighted by atomic mass is 10.0. The second-order valence-corrected chi connectivity index (χ2v) is 3.64. The summed E-state index contributed by atoms with van der Waals surface area (Å²) in [5, 5.41) is 0. The minimum Gasteiger partial charge on any atom is -0.326 e. The molecule has 18 heavy (non-hydrogen) atoms. The van der Waals surface area contributed by atoms with Crippen LogP contribution in [0.15, 0.2) is 41.3 Å². The number of halogens is 4. The fourth-order valence-corrected chi connectivity index (χ4v) is 1.53. The number of alkyl halides is 3. The molecule has 0 unspecified atom stereocenters. The number of hydrogen-bond donors (Lipinski definition) is 1. The molecule has 2 rings (SSSR count). The van der Waals surface area contributed by atoms with Crippen LogP contribution in [0, 0.1) is 5.82 Å². The highest BCUT2D eigenvalue weighted by Crippen LogP contribution is 2.31. The zero-order chi connectivity index (χ0) is 13.3. The lowest BCUT2D eigenvalue weighted by molar-refractivity contribution is -0.137. The zero-order valence-electron chi connectivity index (χ0n) is 8.88. The summed E-state index contributed by atoms with van der Waals surface area (Å²) in [7, 11) is 0. The van der Waals surface area contributed by atoms with E-state index in [0.717, 1.165) is 24.4 Å². The number of hydrogen-bond acceptors (Lipinski definition) is 1. The van der Waals surface area contributed by atoms with E-state index in [2.05, 4.69) is 4.98 Å². The van der Waals surface area contributed by atoms with Crippen LogP contribution in [0.5, 0.6) is 0 Å². The molecule has 0 saturated heterocycles. The molecule has 0 aliphatic carbocycles. The van der Waals surface area contributed by atoms with Crippen molar-refractivity contribution >= 4 is 0 Å². The molecule has 0 saturated carbocycles. The molecule has 1 heterocycles. The van der Waals surface area contributed by atoms with E-state index in [-0.39, 0.29) is 11.1 Å². The van der Waals surface area contributed by atoms with Crippen molar-refractivity contribution in [2.24, 2.45) is 0 Å². The Morgan fingerprint density at radius 2 is 1.83 bits per heavy atom. The van der Waals surface area contributed by atoms with E-state index < -0.39 is 23.1 Å². The molecular weight excluding hydrogens is 250 g/mol. The van der Waals surface area contributed by atoms with Crippen LogP contribution in [-0.2, 0) is 6.18 Å². The molecule has 1 N–H and O–H groups in total. The van der Waals surface area contributed by atoms with Gasteiger partial charge in [0.05, 0.1) is 5.56 Å². The van der Waals surface area contributed by atoms with Crippen molar-refractivity contribution in [1.82, 2.24) is 4.98 Å². The summed E-state index contributed by atoms with van der Waals surface area (Å²) in [6.07, 6.45) is -3.66. The van der Waals surface area contributed by atoms with Gasteiger partial charge >= 0.3 is 6.18 Å². The van der Waals surface area contributed by atoms with Gasteiger partial charge in [-0.3, -0.25) is 4.79 Å². The topological polar surface area (TPSA) is 32.9 Å². The highest BCUT2D eigenvalue weighted by atomic mass is 19.4. The van der Waals surface area contributed by atoms with Gasteiger partial charge in [0.1, 0.15) is 5.82 Å². The van der Waals surface area contributed by atoms with Crippen LogP contribution < -0.4 is 5.56 Å². The predicted molar refractivity (Wildman–Crippen MR) is 57.5 cm³/mol. The first-order valence-electron chi connectivity index (χ1n) is 4.94. The van der Waals surface area contributed by atoms with Gasteiger partial charge in [0.15, 0.2) is 0 Å². The van der Waals surface area contributed by atoms with Crippen LogP contribution >= 0.6 is 0 Å². The third-order valence-corrected chi connectivity index (χ3v) is 2.37. The maximum Gasteiger partial charge on any atom is 0.416 e. The lowest BCUT2D eigenvalue weighted by Crippen LogP contribution is -2.10. The number of nitrogens with one attached hydrogen (secondary N) is 1. The third kappa shape index (κ3) is 2.42. The van der Waals surface area contributed by atoms with Gasteiger partial charge in [0.25, 0.3) is 5.56 Å². The Kier molecular flexibility index (Phi) is 2.94. The number of aromatic nitrogens is 1. The summed E-state index contributed by atoms with van der Waals surface area (Å²) < 4.78 is 50.5. The minimum absolute atomic E-state index is 0.0191. The number of rotatable bonds is 1. The fraction of sp³-hybridized carbons (Fsp3) is 0.0833. The second-order valence-electron chi connectivity index (χ2n) is 3.64. The van der Waals surface area contributed by atoms with Crippen LogP contribution in [0.4, 0.5) is 17.6 Å². The van der Waals surface area contributed by atoms with Gasteiger partial charge in [0.2, 0.25) is 0 Å². The molecule has 94 valence electrons. The molecule has 6 heteroatoms. The average Bonchev–Trinajstić information content (AvgIpc) is 2.31. The summed E-state index contributed by atoms with van der Waals surface area (Å²) in [6, 6.07) is 5.08. The van der Waals surface area contributed by atoms with Gasteiger partial charge in [-0.2, -0.15) is 13.2 Å². The van der Waals surface area contributed by atoms with Crippen molar-refractivity contribution in [2.75, 3.05) is 0 Å². The molecule has 0 aliphatic heterocycles. The molecule has 0 aliphatic rings.